The predicted octanol–water partition coefficient (Wildman–Crippen LogP) is 0.282. The van der Waals surface area contributed by atoms with Crippen molar-refractivity contribution in [2.75, 3.05) is 6.54 Å². The van der Waals surface area contributed by atoms with E-state index in [1.807, 2.05) is 0 Å². The van der Waals surface area contributed by atoms with Crippen LogP contribution in [0.5, 0.6) is 0 Å². The first-order chi connectivity index (χ1) is 9.05. The summed E-state index contributed by atoms with van der Waals surface area (Å²) >= 11 is 0. The molecule has 1 spiro atoms. The second-order valence-electron chi connectivity index (χ2n) is 6.41. The molecule has 3 heterocycles. The molecular weight excluding hydrogens is 240 g/mol. The maximum Gasteiger partial charge on any atom is 0.159 e. The highest BCUT2D eigenvalue weighted by molar-refractivity contribution is 5.78. The second-order valence-corrected chi connectivity index (χ2v) is 6.41. The Balaban J connectivity index is 1.88. The number of benzene rings is 1. The summed E-state index contributed by atoms with van der Waals surface area (Å²) in [6.07, 6.45) is 3.87. The number of carboxylic acids is 1. The van der Waals surface area contributed by atoms with Crippen LogP contribution < -0.4 is 15.1 Å². The number of carbonyl (C=O) groups is 1. The SMILES string of the molecule is CC1(C(=O)[O-])CC2Cc3cccc4c3[N+]2(CCC4)N1. The van der Waals surface area contributed by atoms with Crippen molar-refractivity contribution in [2.45, 2.75) is 44.2 Å². The Morgan fingerprint density at radius 1 is 1.47 bits per heavy atom. The lowest BCUT2D eigenvalue weighted by Crippen LogP contribution is -2.66. The highest BCUT2D eigenvalue weighted by atomic mass is 16.4. The lowest BCUT2D eigenvalue weighted by Gasteiger charge is -2.40. The Morgan fingerprint density at radius 2 is 2.26 bits per heavy atom. The van der Waals surface area contributed by atoms with Crippen molar-refractivity contribution < 1.29 is 9.90 Å². The number of hydrogen-bond donors (Lipinski definition) is 1. The maximum absolute atomic E-state index is 11.4. The molecule has 4 heteroatoms. The molecule has 3 aliphatic heterocycles. The zero-order valence-electron chi connectivity index (χ0n) is 11.1. The van der Waals surface area contributed by atoms with E-state index in [9.17, 15) is 9.90 Å². The average molecular weight is 258 g/mol. The fourth-order valence-corrected chi connectivity index (χ4v) is 4.45. The van der Waals surface area contributed by atoms with Crippen molar-refractivity contribution in [3.63, 3.8) is 0 Å². The molecule has 100 valence electrons. The van der Waals surface area contributed by atoms with E-state index in [4.69, 9.17) is 0 Å². The van der Waals surface area contributed by atoms with Gasteiger partial charge in [-0.2, -0.15) is 5.43 Å². The molecule has 1 aromatic carbocycles. The minimum absolute atomic E-state index is 0.347. The lowest BCUT2D eigenvalue weighted by molar-refractivity contribution is -0.314. The molecule has 1 fully saturated rings. The van der Waals surface area contributed by atoms with Gasteiger partial charge in [-0.3, -0.25) is 0 Å². The Bertz CT molecular complexity index is 586. The third-order valence-electron chi connectivity index (χ3n) is 5.18. The minimum atomic E-state index is -0.973. The standard InChI is InChI=1S/C15H18N2O2/c1-15(14(18)19)9-12-8-11-5-2-4-10-6-3-7-17(12,16-15)13(10)11/h2,4-5,12,16H,3,6-9H2,1H3. The van der Waals surface area contributed by atoms with Crippen LogP contribution in [0.1, 0.15) is 30.9 Å². The number of carbonyl (C=O) groups excluding carboxylic acids is 1. The fraction of sp³-hybridized carbons (Fsp3) is 0.533. The fourth-order valence-electron chi connectivity index (χ4n) is 4.45. The molecule has 3 aliphatic rings. The summed E-state index contributed by atoms with van der Waals surface area (Å²) in [7, 11) is 0. The zero-order chi connectivity index (χ0) is 13.3. The molecule has 0 aromatic heterocycles. The van der Waals surface area contributed by atoms with Gasteiger partial charge in [-0.1, -0.05) is 18.2 Å². The summed E-state index contributed by atoms with van der Waals surface area (Å²) < 4.78 is 0.677. The van der Waals surface area contributed by atoms with Crippen LogP contribution in [0.15, 0.2) is 18.2 Å². The van der Waals surface area contributed by atoms with E-state index in [-0.39, 0.29) is 0 Å². The van der Waals surface area contributed by atoms with Gasteiger partial charge in [-0.15, -0.1) is 0 Å². The Hall–Kier alpha value is -1.39. The average Bonchev–Trinajstić information content (AvgIpc) is 2.79. The molecule has 0 bridgehead atoms. The zero-order valence-corrected chi connectivity index (χ0v) is 11.1. The molecule has 1 aromatic rings. The molecule has 0 amide bonds. The smallest absolute Gasteiger partial charge is 0.159 e. The minimum Gasteiger partial charge on any atom is -0.548 e. The number of aliphatic carboxylic acids is 1. The third kappa shape index (κ3) is 1.28. The van der Waals surface area contributed by atoms with Gasteiger partial charge >= 0.3 is 0 Å². The Morgan fingerprint density at radius 3 is 3.05 bits per heavy atom. The van der Waals surface area contributed by atoms with Gasteiger partial charge in [0.05, 0.1) is 5.97 Å². The summed E-state index contributed by atoms with van der Waals surface area (Å²) in [6.45, 7) is 2.77. The molecule has 1 saturated heterocycles. The topological polar surface area (TPSA) is 52.2 Å². The first-order valence-corrected chi connectivity index (χ1v) is 7.05. The molecular formula is C15H18N2O2. The van der Waals surface area contributed by atoms with Crippen LogP contribution in [0.3, 0.4) is 0 Å². The number of nitrogens with zero attached hydrogens (tertiary/aromatic N) is 1. The molecule has 0 saturated carbocycles. The molecule has 4 rings (SSSR count). The van der Waals surface area contributed by atoms with Crippen molar-refractivity contribution >= 4 is 11.7 Å². The van der Waals surface area contributed by atoms with E-state index >= 15 is 0 Å². The number of quaternary nitrogens is 1. The van der Waals surface area contributed by atoms with Gasteiger partial charge in [-0.05, 0) is 13.3 Å². The van der Waals surface area contributed by atoms with E-state index < -0.39 is 11.5 Å². The molecule has 4 nitrogen and oxygen atoms in total. The first kappa shape index (κ1) is 11.4. The van der Waals surface area contributed by atoms with E-state index in [1.54, 1.807) is 6.92 Å². The highest BCUT2D eigenvalue weighted by Gasteiger charge is 2.60. The lowest BCUT2D eigenvalue weighted by atomic mass is 9.94. The van der Waals surface area contributed by atoms with Crippen LogP contribution in [0, 0.1) is 0 Å². The van der Waals surface area contributed by atoms with Gasteiger partial charge in [0.1, 0.15) is 18.1 Å². The summed E-state index contributed by atoms with van der Waals surface area (Å²) in [5, 5.41) is 11.4. The maximum atomic E-state index is 11.4. The van der Waals surface area contributed by atoms with E-state index in [1.165, 1.54) is 16.8 Å². The van der Waals surface area contributed by atoms with Crippen LogP contribution in [0.4, 0.5) is 5.69 Å². The summed E-state index contributed by atoms with van der Waals surface area (Å²) in [6, 6.07) is 6.87. The molecule has 1 N–H and O–H groups in total. The van der Waals surface area contributed by atoms with Crippen molar-refractivity contribution in [1.29, 1.82) is 0 Å². The van der Waals surface area contributed by atoms with Crippen LogP contribution in [-0.2, 0) is 17.6 Å². The van der Waals surface area contributed by atoms with Gasteiger partial charge in [-0.25, -0.2) is 4.59 Å². The first-order valence-electron chi connectivity index (χ1n) is 7.05. The summed E-state index contributed by atoms with van der Waals surface area (Å²) in [5.74, 6) is -0.973. The molecule has 0 aliphatic carbocycles. The van der Waals surface area contributed by atoms with Crippen molar-refractivity contribution in [1.82, 2.24) is 10.0 Å². The Kier molecular flexibility index (Phi) is 2.03. The van der Waals surface area contributed by atoms with Crippen molar-refractivity contribution in [3.05, 3.63) is 29.3 Å². The number of rotatable bonds is 1. The number of hydrogen-bond acceptors (Lipinski definition) is 3. The molecule has 3 unspecified atom stereocenters. The van der Waals surface area contributed by atoms with Crippen molar-refractivity contribution in [3.8, 4) is 0 Å². The van der Waals surface area contributed by atoms with Crippen molar-refractivity contribution in [2.24, 2.45) is 0 Å². The van der Waals surface area contributed by atoms with E-state index in [0.29, 0.717) is 17.1 Å². The summed E-state index contributed by atoms with van der Waals surface area (Å²) in [4.78, 5) is 11.4. The third-order valence-corrected chi connectivity index (χ3v) is 5.18. The largest absolute Gasteiger partial charge is 0.548 e. The number of para-hydroxylation sites is 1. The van der Waals surface area contributed by atoms with Gasteiger partial charge in [0.25, 0.3) is 0 Å². The van der Waals surface area contributed by atoms with Crippen LogP contribution >= 0.6 is 0 Å². The number of nitrogens with one attached hydrogen (secondary N) is 1. The van der Waals surface area contributed by atoms with Gasteiger partial charge in [0.2, 0.25) is 0 Å². The molecule has 0 radical (unpaired) electrons. The summed E-state index contributed by atoms with van der Waals surface area (Å²) in [5.41, 5.74) is 6.66. The monoisotopic (exact) mass is 258 g/mol. The van der Waals surface area contributed by atoms with Gasteiger partial charge in [0.15, 0.2) is 5.69 Å². The van der Waals surface area contributed by atoms with Crippen LogP contribution in [0.2, 0.25) is 0 Å². The van der Waals surface area contributed by atoms with Gasteiger partial charge in [0, 0.05) is 30.4 Å². The number of carboxylic acid groups (broad SMARTS) is 1. The number of aryl methyl sites for hydroxylation is 1. The van der Waals surface area contributed by atoms with Crippen LogP contribution in [0.25, 0.3) is 0 Å². The Labute approximate surface area is 112 Å². The van der Waals surface area contributed by atoms with Gasteiger partial charge < -0.3 is 9.90 Å². The van der Waals surface area contributed by atoms with Crippen LogP contribution in [-0.4, -0.2) is 24.1 Å². The molecule has 3 atom stereocenters. The normalized spacial score (nSPS) is 38.9. The van der Waals surface area contributed by atoms with E-state index in [2.05, 4.69) is 23.6 Å². The highest BCUT2D eigenvalue weighted by Crippen LogP contribution is 2.49. The quantitative estimate of drug-likeness (QED) is 0.736. The van der Waals surface area contributed by atoms with E-state index in [0.717, 1.165) is 25.8 Å². The molecule has 19 heavy (non-hydrogen) atoms. The second kappa shape index (κ2) is 3.38. The predicted molar refractivity (Wildman–Crippen MR) is 70.1 cm³/mol.